The van der Waals surface area contributed by atoms with Crippen LogP contribution in [0.4, 0.5) is 0 Å². The minimum Gasteiger partial charge on any atom is -0.298 e. The Kier molecular flexibility index (Phi) is 4.56. The van der Waals surface area contributed by atoms with Crippen molar-refractivity contribution in [1.29, 1.82) is 0 Å². The largest absolute Gasteiger partial charge is 0.298 e. The van der Waals surface area contributed by atoms with Crippen molar-refractivity contribution in [3.05, 3.63) is 58.9 Å². The quantitative estimate of drug-likeness (QED) is 0.758. The van der Waals surface area contributed by atoms with Crippen LogP contribution in [0.5, 0.6) is 0 Å². The monoisotopic (exact) mass is 318 g/mol. The van der Waals surface area contributed by atoms with Gasteiger partial charge in [0.25, 0.3) is 5.91 Å². The highest BCUT2D eigenvalue weighted by Crippen LogP contribution is 2.21. The number of carbonyl (C=O) groups is 1. The number of nitrogens with zero attached hydrogens (tertiary/aromatic N) is 1. The molecule has 1 amide bonds. The number of nitrogens with one attached hydrogen (secondary N) is 3. The van der Waals surface area contributed by atoms with E-state index < -0.39 is 0 Å². The fourth-order valence-electron chi connectivity index (χ4n) is 1.79. The topological polar surface area (TPSA) is 69.8 Å². The van der Waals surface area contributed by atoms with Crippen LogP contribution in [0.15, 0.2) is 36.9 Å². The number of hydrogen-bond donors (Lipinski definition) is 3. The highest BCUT2D eigenvalue weighted by atomic mass is 35.5. The highest BCUT2D eigenvalue weighted by Gasteiger charge is 2.19. The molecular formula is C16H19ClN4O. The third-order valence-corrected chi connectivity index (χ3v) is 3.47. The molecule has 6 heteroatoms. The fourth-order valence-corrected chi connectivity index (χ4v) is 2.04. The van der Waals surface area contributed by atoms with Crippen LogP contribution in [0, 0.1) is 0 Å². The van der Waals surface area contributed by atoms with Crippen LogP contribution in [0.1, 0.15) is 42.5 Å². The molecule has 3 N–H and O–H groups in total. The van der Waals surface area contributed by atoms with Crippen molar-refractivity contribution < 1.29 is 4.79 Å². The molecule has 1 heterocycles. The predicted molar refractivity (Wildman–Crippen MR) is 88.4 cm³/mol. The Bertz CT molecular complexity index is 700. The Morgan fingerprint density at radius 1 is 1.27 bits per heavy atom. The van der Waals surface area contributed by atoms with Gasteiger partial charge < -0.3 is 0 Å². The molecule has 22 heavy (non-hydrogen) atoms. The minimum absolute atomic E-state index is 0.0971. The molecule has 0 unspecified atom stereocenters. The number of hydrogen-bond acceptors (Lipinski definition) is 3. The molecule has 0 bridgehead atoms. The molecule has 0 saturated heterocycles. The Hall–Kier alpha value is -2.27. The molecule has 116 valence electrons. The lowest BCUT2D eigenvalue weighted by Gasteiger charge is -2.14. The number of rotatable bonds is 4. The molecule has 0 fully saturated rings. The summed E-state index contributed by atoms with van der Waals surface area (Å²) in [7, 11) is 0. The van der Waals surface area contributed by atoms with Gasteiger partial charge >= 0.3 is 0 Å². The van der Waals surface area contributed by atoms with Crippen LogP contribution in [-0.4, -0.2) is 16.1 Å². The molecule has 2 rings (SSSR count). The van der Waals surface area contributed by atoms with Crippen LogP contribution in [-0.2, 0) is 5.41 Å². The summed E-state index contributed by atoms with van der Waals surface area (Å²) >= 11 is 6.07. The van der Waals surface area contributed by atoms with E-state index in [-0.39, 0.29) is 11.3 Å². The van der Waals surface area contributed by atoms with Gasteiger partial charge in [-0.1, -0.05) is 57.2 Å². The van der Waals surface area contributed by atoms with Gasteiger partial charge in [-0.15, -0.1) is 0 Å². The lowest BCUT2D eigenvalue weighted by Crippen LogP contribution is -2.36. The second-order valence-electron chi connectivity index (χ2n) is 5.95. The zero-order chi connectivity index (χ0) is 16.3. The summed E-state index contributed by atoms with van der Waals surface area (Å²) in [6, 6.07) is 8.98. The summed E-state index contributed by atoms with van der Waals surface area (Å²) in [5.74, 6) is -0.347. The maximum atomic E-state index is 12.1. The van der Waals surface area contributed by atoms with Crippen molar-refractivity contribution in [3.8, 4) is 0 Å². The van der Waals surface area contributed by atoms with Crippen molar-refractivity contribution in [2.24, 2.45) is 0 Å². The normalized spacial score (nSPS) is 11.1. The lowest BCUT2D eigenvalue weighted by molar-refractivity contribution is 0.0937. The van der Waals surface area contributed by atoms with Gasteiger partial charge in [0, 0.05) is 21.7 Å². The Labute approximate surface area is 134 Å². The Balaban J connectivity index is 2.00. The lowest BCUT2D eigenvalue weighted by atomic mass is 9.92. The molecule has 5 nitrogen and oxygen atoms in total. The molecule has 0 radical (unpaired) electrons. The highest BCUT2D eigenvalue weighted by molar-refractivity contribution is 6.32. The number of aromatic amines is 1. The molecule has 0 aliphatic heterocycles. The zero-order valence-corrected chi connectivity index (χ0v) is 13.6. The van der Waals surface area contributed by atoms with Crippen LogP contribution >= 0.6 is 11.6 Å². The maximum Gasteiger partial charge on any atom is 0.290 e. The van der Waals surface area contributed by atoms with E-state index in [0.29, 0.717) is 16.4 Å². The van der Waals surface area contributed by atoms with E-state index in [1.165, 1.54) is 0 Å². The first kappa shape index (κ1) is 16.1. The third-order valence-electron chi connectivity index (χ3n) is 3.14. The van der Waals surface area contributed by atoms with Gasteiger partial charge in [-0.05, 0) is 12.1 Å². The number of amides is 1. The van der Waals surface area contributed by atoms with Crippen LogP contribution < -0.4 is 10.9 Å². The summed E-state index contributed by atoms with van der Waals surface area (Å²) in [6.07, 6.45) is 0. The summed E-state index contributed by atoms with van der Waals surface area (Å²) in [5.41, 5.74) is 7.65. The van der Waals surface area contributed by atoms with Gasteiger partial charge in [-0.3, -0.25) is 20.7 Å². The maximum absolute atomic E-state index is 12.1. The summed E-state index contributed by atoms with van der Waals surface area (Å²) in [4.78, 5) is 12.1. The van der Waals surface area contributed by atoms with E-state index in [1.54, 1.807) is 12.1 Å². The molecule has 0 aliphatic carbocycles. The minimum atomic E-state index is -0.347. The number of H-pyrrole nitrogens is 1. The van der Waals surface area contributed by atoms with Gasteiger partial charge in [0.15, 0.2) is 5.69 Å². The second-order valence-corrected chi connectivity index (χ2v) is 6.36. The van der Waals surface area contributed by atoms with Gasteiger partial charge in [0.05, 0.1) is 5.70 Å². The van der Waals surface area contributed by atoms with Gasteiger partial charge in [0.2, 0.25) is 0 Å². The van der Waals surface area contributed by atoms with E-state index in [1.807, 2.05) is 39.0 Å². The summed E-state index contributed by atoms with van der Waals surface area (Å²) < 4.78 is 0. The zero-order valence-electron chi connectivity index (χ0n) is 12.8. The van der Waals surface area contributed by atoms with Gasteiger partial charge in [-0.25, -0.2) is 0 Å². The molecular weight excluding hydrogens is 300 g/mol. The van der Waals surface area contributed by atoms with E-state index in [2.05, 4.69) is 27.6 Å². The first-order valence-electron chi connectivity index (χ1n) is 6.85. The number of carbonyl (C=O) groups excluding carboxylic acids is 1. The molecule has 0 aliphatic rings. The van der Waals surface area contributed by atoms with E-state index in [0.717, 1.165) is 11.3 Å². The standard InChI is InChI=1S/C16H19ClN4O/c1-10(11-7-5-6-8-12(11)17)18-21-15(22)13-9-14(20-19-13)16(2,3)4/h5-9,18H,1H2,2-4H3,(H,19,20)(H,21,22). The van der Waals surface area contributed by atoms with Crippen molar-refractivity contribution >= 4 is 23.2 Å². The number of halogens is 1. The number of aromatic nitrogens is 2. The smallest absolute Gasteiger partial charge is 0.290 e. The van der Waals surface area contributed by atoms with E-state index >= 15 is 0 Å². The average Bonchev–Trinajstić information content (AvgIpc) is 2.95. The second kappa shape index (κ2) is 6.23. The van der Waals surface area contributed by atoms with Crippen LogP contribution in [0.3, 0.4) is 0 Å². The van der Waals surface area contributed by atoms with E-state index in [9.17, 15) is 4.79 Å². The molecule has 1 aromatic heterocycles. The Morgan fingerprint density at radius 3 is 2.55 bits per heavy atom. The van der Waals surface area contributed by atoms with Gasteiger partial charge in [0.1, 0.15) is 0 Å². The molecule has 0 atom stereocenters. The fraction of sp³-hybridized carbons (Fsp3) is 0.250. The van der Waals surface area contributed by atoms with Crippen LogP contribution in [0.25, 0.3) is 5.70 Å². The van der Waals surface area contributed by atoms with Crippen LogP contribution in [0.2, 0.25) is 5.02 Å². The predicted octanol–water partition coefficient (Wildman–Crippen LogP) is 3.27. The van der Waals surface area contributed by atoms with Gasteiger partial charge in [-0.2, -0.15) is 5.10 Å². The summed E-state index contributed by atoms with van der Waals surface area (Å²) in [5, 5.41) is 7.45. The number of hydrazine groups is 1. The SMILES string of the molecule is C=C(NNC(=O)c1cc(C(C)(C)C)[nH]n1)c1ccccc1Cl. The number of benzene rings is 1. The molecule has 0 spiro atoms. The molecule has 1 aromatic carbocycles. The van der Waals surface area contributed by atoms with Crippen molar-refractivity contribution in [1.82, 2.24) is 21.0 Å². The van der Waals surface area contributed by atoms with Crippen molar-refractivity contribution in [2.45, 2.75) is 26.2 Å². The first-order valence-corrected chi connectivity index (χ1v) is 7.23. The van der Waals surface area contributed by atoms with Crippen molar-refractivity contribution in [3.63, 3.8) is 0 Å². The molecule has 0 saturated carbocycles. The average molecular weight is 319 g/mol. The Morgan fingerprint density at radius 2 is 1.95 bits per heavy atom. The third kappa shape index (κ3) is 3.68. The first-order chi connectivity index (χ1) is 10.3. The van der Waals surface area contributed by atoms with E-state index in [4.69, 9.17) is 11.6 Å². The van der Waals surface area contributed by atoms with Crippen molar-refractivity contribution in [2.75, 3.05) is 0 Å². The summed E-state index contributed by atoms with van der Waals surface area (Å²) in [6.45, 7) is 9.98. The molecule has 2 aromatic rings.